The van der Waals surface area contributed by atoms with E-state index in [1.54, 1.807) is 30.6 Å². The van der Waals surface area contributed by atoms with Crippen molar-refractivity contribution >= 4 is 5.91 Å². The van der Waals surface area contributed by atoms with Gasteiger partial charge < -0.3 is 10.4 Å². The number of aliphatic hydroxyl groups is 1. The van der Waals surface area contributed by atoms with Crippen LogP contribution < -0.4 is 5.32 Å². The van der Waals surface area contributed by atoms with Crippen LogP contribution in [0.15, 0.2) is 36.7 Å². The maximum Gasteiger partial charge on any atom is 0.252 e. The summed E-state index contributed by atoms with van der Waals surface area (Å²) >= 11 is 0. The van der Waals surface area contributed by atoms with Crippen LogP contribution in [0.2, 0.25) is 0 Å². The van der Waals surface area contributed by atoms with Crippen molar-refractivity contribution in [2.24, 2.45) is 0 Å². The SMILES string of the molecule is O=C(NCc1cn[nH]c1)c1ccccc1C#CCCO. The molecule has 5 heteroatoms. The number of benzene rings is 1. The Kier molecular flexibility index (Phi) is 4.93. The third kappa shape index (κ3) is 3.70. The first-order valence-electron chi connectivity index (χ1n) is 6.26. The number of nitrogens with one attached hydrogen (secondary N) is 2. The molecule has 0 atom stereocenters. The lowest BCUT2D eigenvalue weighted by atomic mass is 10.1. The molecular weight excluding hydrogens is 254 g/mol. The third-order valence-corrected chi connectivity index (χ3v) is 2.64. The number of amides is 1. The first-order valence-corrected chi connectivity index (χ1v) is 6.26. The van der Waals surface area contributed by atoms with Crippen molar-refractivity contribution in [3.8, 4) is 11.8 Å². The molecule has 0 saturated carbocycles. The van der Waals surface area contributed by atoms with Gasteiger partial charge in [-0.15, -0.1) is 0 Å². The Morgan fingerprint density at radius 3 is 3.00 bits per heavy atom. The molecule has 0 aliphatic rings. The molecule has 1 aromatic heterocycles. The molecule has 3 N–H and O–H groups in total. The highest BCUT2D eigenvalue weighted by molar-refractivity contribution is 5.96. The van der Waals surface area contributed by atoms with Crippen LogP contribution in [0.1, 0.15) is 27.9 Å². The summed E-state index contributed by atoms with van der Waals surface area (Å²) in [5, 5.41) is 18.0. The van der Waals surface area contributed by atoms with Crippen molar-refractivity contribution in [3.05, 3.63) is 53.3 Å². The smallest absolute Gasteiger partial charge is 0.252 e. The molecule has 0 saturated heterocycles. The van der Waals surface area contributed by atoms with Gasteiger partial charge in [-0.2, -0.15) is 5.10 Å². The van der Waals surface area contributed by atoms with E-state index < -0.39 is 0 Å². The standard InChI is InChI=1S/C15H15N3O2/c19-8-4-3-6-13-5-1-2-7-14(13)15(20)16-9-12-10-17-18-11-12/h1-2,5,7,10-11,19H,4,8-9H2,(H,16,20)(H,17,18). The first-order chi connectivity index (χ1) is 9.81. The molecule has 0 aliphatic heterocycles. The quantitative estimate of drug-likeness (QED) is 0.727. The second kappa shape index (κ2) is 7.12. The monoisotopic (exact) mass is 269 g/mol. The van der Waals surface area contributed by atoms with Gasteiger partial charge in [-0.3, -0.25) is 9.89 Å². The van der Waals surface area contributed by atoms with Crippen molar-refractivity contribution < 1.29 is 9.90 Å². The second-order valence-corrected chi connectivity index (χ2v) is 4.11. The minimum Gasteiger partial charge on any atom is -0.395 e. The lowest BCUT2D eigenvalue weighted by molar-refractivity contribution is 0.0950. The first kappa shape index (κ1) is 13.8. The molecule has 5 nitrogen and oxygen atoms in total. The zero-order chi connectivity index (χ0) is 14.2. The van der Waals surface area contributed by atoms with Gasteiger partial charge in [0.25, 0.3) is 5.91 Å². The molecule has 0 fully saturated rings. The van der Waals surface area contributed by atoms with E-state index in [4.69, 9.17) is 5.11 Å². The van der Waals surface area contributed by atoms with Crippen LogP contribution in [0, 0.1) is 11.8 Å². The van der Waals surface area contributed by atoms with Crippen molar-refractivity contribution in [1.29, 1.82) is 0 Å². The fourth-order valence-corrected chi connectivity index (χ4v) is 1.66. The molecule has 2 aromatic rings. The molecule has 0 aliphatic carbocycles. The molecule has 102 valence electrons. The average molecular weight is 269 g/mol. The van der Waals surface area contributed by atoms with Gasteiger partial charge in [-0.25, -0.2) is 0 Å². The second-order valence-electron chi connectivity index (χ2n) is 4.11. The average Bonchev–Trinajstić information content (AvgIpc) is 2.99. The molecule has 0 spiro atoms. The van der Waals surface area contributed by atoms with E-state index in [0.717, 1.165) is 5.56 Å². The van der Waals surface area contributed by atoms with Gasteiger partial charge in [-0.05, 0) is 12.1 Å². The zero-order valence-corrected chi connectivity index (χ0v) is 10.9. The summed E-state index contributed by atoms with van der Waals surface area (Å²) in [5.74, 6) is 5.54. The minimum absolute atomic E-state index is 0.0157. The summed E-state index contributed by atoms with van der Waals surface area (Å²) < 4.78 is 0. The third-order valence-electron chi connectivity index (χ3n) is 2.64. The normalized spacial score (nSPS) is 9.65. The van der Waals surface area contributed by atoms with Gasteiger partial charge in [0, 0.05) is 30.3 Å². The van der Waals surface area contributed by atoms with E-state index in [0.29, 0.717) is 24.1 Å². The Morgan fingerprint density at radius 1 is 1.40 bits per heavy atom. The lowest BCUT2D eigenvalue weighted by Crippen LogP contribution is -2.23. The van der Waals surface area contributed by atoms with Crippen LogP contribution in [0.4, 0.5) is 0 Å². The number of carbonyl (C=O) groups excluding carboxylic acids is 1. The summed E-state index contributed by atoms with van der Waals surface area (Å²) in [6, 6.07) is 7.14. The fourth-order valence-electron chi connectivity index (χ4n) is 1.66. The molecule has 1 aromatic carbocycles. The van der Waals surface area contributed by atoms with Crippen LogP contribution >= 0.6 is 0 Å². The largest absolute Gasteiger partial charge is 0.395 e. The Labute approximate surface area is 117 Å². The molecule has 0 radical (unpaired) electrons. The molecular formula is C15H15N3O2. The molecule has 1 amide bonds. The highest BCUT2D eigenvalue weighted by Crippen LogP contribution is 2.07. The summed E-state index contributed by atoms with van der Waals surface area (Å²) in [6.07, 6.45) is 3.78. The maximum absolute atomic E-state index is 12.1. The Morgan fingerprint density at radius 2 is 2.25 bits per heavy atom. The highest BCUT2D eigenvalue weighted by Gasteiger charge is 2.09. The predicted molar refractivity (Wildman–Crippen MR) is 74.8 cm³/mol. The topological polar surface area (TPSA) is 78.0 Å². The summed E-state index contributed by atoms with van der Waals surface area (Å²) in [4.78, 5) is 12.1. The lowest BCUT2D eigenvalue weighted by Gasteiger charge is -2.05. The van der Waals surface area contributed by atoms with Crippen LogP contribution in [-0.4, -0.2) is 27.8 Å². The van der Waals surface area contributed by atoms with Crippen molar-refractivity contribution in [1.82, 2.24) is 15.5 Å². The van der Waals surface area contributed by atoms with Gasteiger partial charge in [0.15, 0.2) is 0 Å². The fraction of sp³-hybridized carbons (Fsp3) is 0.200. The highest BCUT2D eigenvalue weighted by atomic mass is 16.2. The van der Waals surface area contributed by atoms with E-state index >= 15 is 0 Å². The molecule has 1 heterocycles. The van der Waals surface area contributed by atoms with Gasteiger partial charge in [0.1, 0.15) is 0 Å². The van der Waals surface area contributed by atoms with Crippen LogP contribution in [-0.2, 0) is 6.54 Å². The molecule has 2 rings (SSSR count). The summed E-state index contributed by atoms with van der Waals surface area (Å²) in [6.45, 7) is 0.426. The number of nitrogens with zero attached hydrogens (tertiary/aromatic N) is 1. The van der Waals surface area contributed by atoms with Crippen LogP contribution in [0.5, 0.6) is 0 Å². The molecule has 0 bridgehead atoms. The minimum atomic E-state index is -0.180. The zero-order valence-electron chi connectivity index (χ0n) is 10.9. The van der Waals surface area contributed by atoms with Gasteiger partial charge in [-0.1, -0.05) is 24.0 Å². The Bertz CT molecular complexity index is 624. The van der Waals surface area contributed by atoms with Gasteiger partial charge >= 0.3 is 0 Å². The number of hydrogen-bond acceptors (Lipinski definition) is 3. The van der Waals surface area contributed by atoms with Crippen LogP contribution in [0.25, 0.3) is 0 Å². The predicted octanol–water partition coefficient (Wildman–Crippen LogP) is 1.07. The maximum atomic E-state index is 12.1. The number of rotatable bonds is 4. The number of carbonyl (C=O) groups is 1. The Hall–Kier alpha value is -2.58. The van der Waals surface area contributed by atoms with E-state index in [9.17, 15) is 4.79 Å². The van der Waals surface area contributed by atoms with E-state index in [2.05, 4.69) is 27.4 Å². The summed E-state index contributed by atoms with van der Waals surface area (Å²) in [7, 11) is 0. The number of hydrogen-bond donors (Lipinski definition) is 3. The van der Waals surface area contributed by atoms with Gasteiger partial charge in [0.05, 0.1) is 18.4 Å². The summed E-state index contributed by atoms with van der Waals surface area (Å²) in [5.41, 5.74) is 2.09. The Balaban J connectivity index is 2.07. The number of aromatic nitrogens is 2. The van der Waals surface area contributed by atoms with Crippen molar-refractivity contribution in [3.63, 3.8) is 0 Å². The number of aromatic amines is 1. The van der Waals surface area contributed by atoms with E-state index in [1.807, 2.05) is 6.07 Å². The van der Waals surface area contributed by atoms with Crippen LogP contribution in [0.3, 0.4) is 0 Å². The van der Waals surface area contributed by atoms with E-state index in [-0.39, 0.29) is 12.5 Å². The number of aliphatic hydroxyl groups excluding tert-OH is 1. The van der Waals surface area contributed by atoms with E-state index in [1.165, 1.54) is 0 Å². The van der Waals surface area contributed by atoms with Gasteiger partial charge in [0.2, 0.25) is 0 Å². The molecule has 0 unspecified atom stereocenters. The molecule has 20 heavy (non-hydrogen) atoms. The number of H-pyrrole nitrogens is 1. The van der Waals surface area contributed by atoms with Crippen molar-refractivity contribution in [2.75, 3.05) is 6.61 Å². The van der Waals surface area contributed by atoms with Crippen molar-refractivity contribution in [2.45, 2.75) is 13.0 Å².